The summed E-state index contributed by atoms with van der Waals surface area (Å²) in [4.78, 5) is 1.17. The van der Waals surface area contributed by atoms with Crippen molar-refractivity contribution in [3.8, 4) is 0 Å². The molecule has 2 aromatic rings. The Balaban J connectivity index is 1.98. The van der Waals surface area contributed by atoms with Crippen LogP contribution in [0.3, 0.4) is 0 Å². The van der Waals surface area contributed by atoms with Crippen molar-refractivity contribution in [2.75, 3.05) is 6.54 Å². The normalized spacial score (nSPS) is 11.2. The lowest BCUT2D eigenvalue weighted by molar-refractivity contribution is 0.552. The third kappa shape index (κ3) is 4.84. The van der Waals surface area contributed by atoms with Gasteiger partial charge in [0, 0.05) is 15.9 Å². The van der Waals surface area contributed by atoms with Gasteiger partial charge in [0.15, 0.2) is 4.34 Å². The summed E-state index contributed by atoms with van der Waals surface area (Å²) < 4.78 is 2.09. The Morgan fingerprint density at radius 3 is 2.75 bits per heavy atom. The molecule has 0 spiro atoms. The van der Waals surface area contributed by atoms with E-state index in [1.54, 1.807) is 23.1 Å². The van der Waals surface area contributed by atoms with E-state index in [0.29, 0.717) is 5.92 Å². The van der Waals surface area contributed by atoms with Crippen LogP contribution in [0.1, 0.15) is 24.4 Å². The minimum Gasteiger partial charge on any atom is -0.312 e. The molecule has 1 aromatic heterocycles. The molecule has 0 atom stereocenters. The molecule has 0 fully saturated rings. The molecule has 20 heavy (non-hydrogen) atoms. The van der Waals surface area contributed by atoms with E-state index in [1.165, 1.54) is 10.5 Å². The van der Waals surface area contributed by atoms with Crippen LogP contribution in [0.5, 0.6) is 0 Å². The molecule has 0 bridgehead atoms. The van der Waals surface area contributed by atoms with Gasteiger partial charge in [0.2, 0.25) is 0 Å². The monoisotopic (exact) mass is 371 g/mol. The Hall–Kier alpha value is -0.430. The number of aryl methyl sites for hydroxylation is 1. The number of hydrogen-bond acceptors (Lipinski definition) is 5. The van der Waals surface area contributed by atoms with E-state index < -0.39 is 0 Å². The van der Waals surface area contributed by atoms with Gasteiger partial charge in [-0.05, 0) is 53.0 Å². The van der Waals surface area contributed by atoms with Crippen molar-refractivity contribution in [2.24, 2.45) is 5.92 Å². The predicted octanol–water partition coefficient (Wildman–Crippen LogP) is 4.51. The highest BCUT2D eigenvalue weighted by Crippen LogP contribution is 2.35. The van der Waals surface area contributed by atoms with Crippen LogP contribution in [0, 0.1) is 12.8 Å². The van der Waals surface area contributed by atoms with E-state index in [9.17, 15) is 0 Å². The zero-order chi connectivity index (χ0) is 14.5. The van der Waals surface area contributed by atoms with E-state index in [0.717, 1.165) is 26.9 Å². The largest absolute Gasteiger partial charge is 0.312 e. The first kappa shape index (κ1) is 15.9. The second kappa shape index (κ2) is 7.54. The lowest BCUT2D eigenvalue weighted by Gasteiger charge is -2.09. The molecule has 0 aliphatic carbocycles. The van der Waals surface area contributed by atoms with E-state index in [1.807, 2.05) is 6.92 Å². The number of rotatable bonds is 6. The maximum absolute atomic E-state index is 4.14. The summed E-state index contributed by atoms with van der Waals surface area (Å²) in [6.45, 7) is 8.34. The van der Waals surface area contributed by atoms with Gasteiger partial charge in [0.25, 0.3) is 0 Å². The third-order valence-electron chi connectivity index (χ3n) is 2.58. The molecular formula is C14H18BrN3S2. The molecule has 2 rings (SSSR count). The van der Waals surface area contributed by atoms with E-state index in [2.05, 4.69) is 63.5 Å². The van der Waals surface area contributed by atoms with Crippen molar-refractivity contribution >= 4 is 39.0 Å². The zero-order valence-electron chi connectivity index (χ0n) is 11.8. The molecule has 108 valence electrons. The first-order valence-electron chi connectivity index (χ1n) is 6.51. The lowest BCUT2D eigenvalue weighted by Crippen LogP contribution is -2.18. The van der Waals surface area contributed by atoms with Crippen LogP contribution in [-0.2, 0) is 6.54 Å². The molecule has 0 unspecified atom stereocenters. The first-order chi connectivity index (χ1) is 9.54. The van der Waals surface area contributed by atoms with Crippen LogP contribution >= 0.6 is 39.0 Å². The Kier molecular flexibility index (Phi) is 6.01. The average Bonchev–Trinajstić information content (AvgIpc) is 2.78. The molecule has 0 amide bonds. The van der Waals surface area contributed by atoms with Gasteiger partial charge in [-0.3, -0.25) is 0 Å². The second-order valence-electron chi connectivity index (χ2n) is 4.98. The van der Waals surface area contributed by atoms with E-state index in [4.69, 9.17) is 0 Å². The van der Waals surface area contributed by atoms with Crippen molar-refractivity contribution < 1.29 is 0 Å². The van der Waals surface area contributed by atoms with Crippen LogP contribution < -0.4 is 5.32 Å². The Bertz CT molecular complexity index is 569. The van der Waals surface area contributed by atoms with Gasteiger partial charge >= 0.3 is 0 Å². The third-order valence-corrected chi connectivity index (χ3v) is 5.47. The molecule has 1 N–H and O–H groups in total. The van der Waals surface area contributed by atoms with Gasteiger partial charge < -0.3 is 5.32 Å². The zero-order valence-corrected chi connectivity index (χ0v) is 15.0. The molecule has 0 aliphatic rings. The second-order valence-corrected chi connectivity index (χ2v) is 8.30. The standard InChI is InChI=1S/C14H18BrN3S2/c1-9(2)7-16-8-11-4-5-13(12(15)6-11)20-14-18-17-10(3)19-14/h4-6,9,16H,7-8H2,1-3H3. The highest BCUT2D eigenvalue weighted by molar-refractivity contribution is 9.10. The fraction of sp³-hybridized carbons (Fsp3) is 0.429. The minimum atomic E-state index is 0.675. The van der Waals surface area contributed by atoms with Crippen molar-refractivity contribution in [1.29, 1.82) is 0 Å². The number of benzene rings is 1. The molecule has 0 saturated heterocycles. The summed E-state index contributed by atoms with van der Waals surface area (Å²) in [5.41, 5.74) is 1.29. The van der Waals surface area contributed by atoms with Crippen molar-refractivity contribution in [3.05, 3.63) is 33.2 Å². The fourth-order valence-corrected chi connectivity index (χ4v) is 4.10. The number of halogens is 1. The maximum Gasteiger partial charge on any atom is 0.179 e. The minimum absolute atomic E-state index is 0.675. The van der Waals surface area contributed by atoms with Gasteiger partial charge in [0.1, 0.15) is 5.01 Å². The van der Waals surface area contributed by atoms with Gasteiger partial charge in [-0.15, -0.1) is 10.2 Å². The summed E-state index contributed by atoms with van der Waals surface area (Å²) >= 11 is 6.91. The molecule has 0 saturated carbocycles. The maximum atomic E-state index is 4.14. The smallest absolute Gasteiger partial charge is 0.179 e. The van der Waals surface area contributed by atoms with Crippen molar-refractivity contribution in [2.45, 2.75) is 36.6 Å². The molecule has 0 aliphatic heterocycles. The molecule has 1 aromatic carbocycles. The number of aromatic nitrogens is 2. The van der Waals surface area contributed by atoms with E-state index in [-0.39, 0.29) is 0 Å². The van der Waals surface area contributed by atoms with Crippen LogP contribution in [0.25, 0.3) is 0 Å². The molecule has 0 radical (unpaired) electrons. The van der Waals surface area contributed by atoms with Gasteiger partial charge in [-0.2, -0.15) is 0 Å². The Labute approximate surface area is 136 Å². The average molecular weight is 372 g/mol. The van der Waals surface area contributed by atoms with Gasteiger partial charge in [-0.25, -0.2) is 0 Å². The molecule has 1 heterocycles. The summed E-state index contributed by atoms with van der Waals surface area (Å²) in [6, 6.07) is 6.47. The Morgan fingerprint density at radius 2 is 2.15 bits per heavy atom. The summed E-state index contributed by atoms with van der Waals surface area (Å²) in [7, 11) is 0. The van der Waals surface area contributed by atoms with Crippen LogP contribution in [0.15, 0.2) is 31.9 Å². The molecular weight excluding hydrogens is 354 g/mol. The number of nitrogens with one attached hydrogen (secondary N) is 1. The SMILES string of the molecule is Cc1nnc(Sc2ccc(CNCC(C)C)cc2Br)s1. The van der Waals surface area contributed by atoms with Crippen LogP contribution in [0.2, 0.25) is 0 Å². The number of hydrogen-bond donors (Lipinski definition) is 1. The number of nitrogens with zero attached hydrogens (tertiary/aromatic N) is 2. The Morgan fingerprint density at radius 1 is 1.35 bits per heavy atom. The quantitative estimate of drug-likeness (QED) is 0.810. The van der Waals surface area contributed by atoms with Crippen molar-refractivity contribution in [1.82, 2.24) is 15.5 Å². The highest BCUT2D eigenvalue weighted by Gasteiger charge is 2.07. The van der Waals surface area contributed by atoms with Gasteiger partial charge in [-0.1, -0.05) is 43.0 Å². The summed E-state index contributed by atoms with van der Waals surface area (Å²) in [5, 5.41) is 12.6. The molecule has 6 heteroatoms. The van der Waals surface area contributed by atoms with Crippen LogP contribution in [-0.4, -0.2) is 16.7 Å². The predicted molar refractivity (Wildman–Crippen MR) is 89.5 cm³/mol. The molecule has 3 nitrogen and oxygen atoms in total. The highest BCUT2D eigenvalue weighted by atomic mass is 79.9. The summed E-state index contributed by atoms with van der Waals surface area (Å²) in [5.74, 6) is 0.675. The van der Waals surface area contributed by atoms with E-state index >= 15 is 0 Å². The van der Waals surface area contributed by atoms with Crippen molar-refractivity contribution in [3.63, 3.8) is 0 Å². The fourth-order valence-electron chi connectivity index (χ4n) is 1.66. The topological polar surface area (TPSA) is 37.8 Å². The lowest BCUT2D eigenvalue weighted by atomic mass is 10.2. The van der Waals surface area contributed by atoms with Crippen LogP contribution in [0.4, 0.5) is 0 Å². The van der Waals surface area contributed by atoms with Gasteiger partial charge in [0.05, 0.1) is 0 Å². The summed E-state index contributed by atoms with van der Waals surface area (Å²) in [6.07, 6.45) is 0. The first-order valence-corrected chi connectivity index (χ1v) is 8.94.